The van der Waals surface area contributed by atoms with Gasteiger partial charge in [-0.05, 0) is 13.0 Å². The van der Waals surface area contributed by atoms with Crippen LogP contribution in [0.5, 0.6) is 0 Å². The third kappa shape index (κ3) is 11.1. The van der Waals surface area contributed by atoms with Crippen molar-refractivity contribution < 1.29 is 43.7 Å². The van der Waals surface area contributed by atoms with Gasteiger partial charge in [0.05, 0.1) is 12.7 Å². The molecule has 0 aromatic carbocycles. The zero-order valence-corrected chi connectivity index (χ0v) is 16.8. The molecule has 0 bridgehead atoms. The summed E-state index contributed by atoms with van der Waals surface area (Å²) in [6.07, 6.45) is 11.5. The van der Waals surface area contributed by atoms with Crippen LogP contribution in [0.15, 0.2) is 60.8 Å². The van der Waals surface area contributed by atoms with Crippen LogP contribution in [0.2, 0.25) is 0 Å². The van der Waals surface area contributed by atoms with E-state index in [2.05, 4.69) is 4.52 Å². The average Bonchev–Trinajstić information content (AvgIpc) is 2.61. The van der Waals surface area contributed by atoms with Crippen LogP contribution in [0.4, 0.5) is 0 Å². The van der Waals surface area contributed by atoms with E-state index in [0.29, 0.717) is 6.42 Å². The highest BCUT2D eigenvalue weighted by atomic mass is 31.2. The number of aliphatic hydroxyl groups excluding tert-OH is 2. The summed E-state index contributed by atoms with van der Waals surface area (Å²) in [6, 6.07) is 0. The van der Waals surface area contributed by atoms with Gasteiger partial charge < -0.3 is 29.8 Å². The predicted octanol–water partition coefficient (Wildman–Crippen LogP) is 1.06. The van der Waals surface area contributed by atoms with Crippen LogP contribution in [0, 0.1) is 0 Å². The summed E-state index contributed by atoms with van der Waals surface area (Å²) < 4.78 is 21.0. The average molecular weight is 430 g/mol. The SMILES string of the molecule is C[C@@](O)(/C=C/[C@H]1CC=CC(=O)O1)[C@@H](C[C@@H](O)/C=C/C=C/C=C/CO)OP(=O)(O)O. The number of hydrogen-bond donors (Lipinski definition) is 5. The molecule has 0 aromatic heterocycles. The topological polar surface area (TPSA) is 154 Å². The lowest BCUT2D eigenvalue weighted by molar-refractivity contribution is -0.141. The molecule has 0 fully saturated rings. The van der Waals surface area contributed by atoms with Crippen LogP contribution < -0.4 is 0 Å². The normalized spacial score (nSPS) is 22.6. The van der Waals surface area contributed by atoms with Crippen LogP contribution in [-0.4, -0.2) is 61.6 Å². The second kappa shape index (κ2) is 12.0. The molecular formula is C19H27O9P. The third-order valence-corrected chi connectivity index (χ3v) is 4.35. The van der Waals surface area contributed by atoms with Gasteiger partial charge in [-0.1, -0.05) is 48.6 Å². The van der Waals surface area contributed by atoms with Gasteiger partial charge in [0.15, 0.2) is 0 Å². The van der Waals surface area contributed by atoms with Crippen molar-refractivity contribution in [3.63, 3.8) is 0 Å². The number of allylic oxidation sites excluding steroid dienone is 4. The number of cyclic esters (lactones) is 1. The molecule has 0 unspecified atom stereocenters. The molecule has 0 spiro atoms. The molecule has 5 N–H and O–H groups in total. The van der Waals surface area contributed by atoms with Crippen molar-refractivity contribution in [3.8, 4) is 0 Å². The van der Waals surface area contributed by atoms with Gasteiger partial charge in [0, 0.05) is 18.9 Å². The van der Waals surface area contributed by atoms with Gasteiger partial charge >= 0.3 is 13.8 Å². The largest absolute Gasteiger partial charge is 0.469 e. The number of aliphatic hydroxyl groups is 3. The molecule has 0 saturated carbocycles. The molecular weight excluding hydrogens is 403 g/mol. The summed E-state index contributed by atoms with van der Waals surface area (Å²) in [5.74, 6) is -0.531. The Balaban J connectivity index is 2.84. The maximum absolute atomic E-state index is 11.3. The number of phosphoric ester groups is 1. The summed E-state index contributed by atoms with van der Waals surface area (Å²) in [6.45, 7) is 1.16. The number of esters is 1. The molecule has 1 aliphatic heterocycles. The summed E-state index contributed by atoms with van der Waals surface area (Å²) >= 11 is 0. The molecule has 4 atom stereocenters. The number of hydrogen-bond acceptors (Lipinski definition) is 7. The van der Waals surface area contributed by atoms with E-state index in [1.807, 2.05) is 0 Å². The van der Waals surface area contributed by atoms with E-state index in [-0.39, 0.29) is 13.0 Å². The molecule has 0 radical (unpaired) electrons. The first-order chi connectivity index (χ1) is 13.5. The van der Waals surface area contributed by atoms with Gasteiger partial charge in [-0.2, -0.15) is 0 Å². The van der Waals surface area contributed by atoms with E-state index < -0.39 is 37.7 Å². The first kappa shape index (κ1) is 25.2. The highest BCUT2D eigenvalue weighted by Crippen LogP contribution is 2.41. The zero-order chi connectivity index (χ0) is 21.9. The van der Waals surface area contributed by atoms with E-state index in [1.165, 1.54) is 43.4 Å². The Bertz CT molecular complexity index is 715. The van der Waals surface area contributed by atoms with Crippen molar-refractivity contribution in [3.05, 3.63) is 60.8 Å². The molecule has 1 rings (SSSR count). The second-order valence-corrected chi connectivity index (χ2v) is 7.66. The molecule has 1 aliphatic rings. The van der Waals surface area contributed by atoms with E-state index >= 15 is 0 Å². The Morgan fingerprint density at radius 2 is 2.03 bits per heavy atom. The Hall–Kier alpha value is -1.84. The van der Waals surface area contributed by atoms with Crippen molar-refractivity contribution in [1.29, 1.82) is 0 Å². The second-order valence-electron chi connectivity index (χ2n) is 6.47. The maximum atomic E-state index is 11.3. The molecule has 10 heteroatoms. The van der Waals surface area contributed by atoms with E-state index in [4.69, 9.17) is 19.6 Å². The lowest BCUT2D eigenvalue weighted by atomic mass is 9.93. The molecule has 9 nitrogen and oxygen atoms in total. The molecule has 162 valence electrons. The predicted molar refractivity (Wildman–Crippen MR) is 105 cm³/mol. The van der Waals surface area contributed by atoms with Gasteiger partial charge in [-0.15, -0.1) is 0 Å². The van der Waals surface area contributed by atoms with Crippen molar-refractivity contribution >= 4 is 13.8 Å². The first-order valence-corrected chi connectivity index (χ1v) is 10.4. The molecule has 0 amide bonds. The van der Waals surface area contributed by atoms with E-state index in [1.54, 1.807) is 24.3 Å². The summed E-state index contributed by atoms with van der Waals surface area (Å²) in [5.41, 5.74) is -1.87. The Labute approximate surface area is 169 Å². The fourth-order valence-electron chi connectivity index (χ4n) is 2.37. The van der Waals surface area contributed by atoms with Gasteiger partial charge in [-0.3, -0.25) is 4.52 Å². The van der Waals surface area contributed by atoms with Gasteiger partial charge in [0.2, 0.25) is 0 Å². The minimum atomic E-state index is -4.96. The quantitative estimate of drug-likeness (QED) is 0.140. The highest BCUT2D eigenvalue weighted by molar-refractivity contribution is 7.46. The Morgan fingerprint density at radius 1 is 1.34 bits per heavy atom. The van der Waals surface area contributed by atoms with E-state index in [0.717, 1.165) is 0 Å². The third-order valence-electron chi connectivity index (χ3n) is 3.82. The van der Waals surface area contributed by atoms with Crippen molar-refractivity contribution in [1.82, 2.24) is 0 Å². The molecule has 0 saturated heterocycles. The molecule has 0 aliphatic carbocycles. The maximum Gasteiger partial charge on any atom is 0.469 e. The van der Waals surface area contributed by atoms with Crippen LogP contribution >= 0.6 is 7.82 Å². The number of carbonyl (C=O) groups excluding carboxylic acids is 1. The van der Waals surface area contributed by atoms with Crippen molar-refractivity contribution in [2.75, 3.05) is 6.61 Å². The Kier molecular flexibility index (Phi) is 10.4. The van der Waals surface area contributed by atoms with Crippen LogP contribution in [0.25, 0.3) is 0 Å². The van der Waals surface area contributed by atoms with Crippen LogP contribution in [0.1, 0.15) is 19.8 Å². The van der Waals surface area contributed by atoms with Crippen molar-refractivity contribution in [2.24, 2.45) is 0 Å². The molecule has 0 aromatic rings. The summed E-state index contributed by atoms with van der Waals surface area (Å²) in [4.78, 5) is 29.6. The lowest BCUT2D eigenvalue weighted by Crippen LogP contribution is -2.41. The minimum absolute atomic E-state index is 0.100. The van der Waals surface area contributed by atoms with Gasteiger partial charge in [-0.25, -0.2) is 9.36 Å². The number of rotatable bonds is 11. The summed E-state index contributed by atoms with van der Waals surface area (Å²) in [5, 5.41) is 29.4. The number of ether oxygens (including phenoxy) is 1. The van der Waals surface area contributed by atoms with E-state index in [9.17, 15) is 19.6 Å². The molecule has 1 heterocycles. The number of phosphoric acid groups is 1. The molecule has 29 heavy (non-hydrogen) atoms. The smallest absolute Gasteiger partial charge is 0.455 e. The lowest BCUT2D eigenvalue weighted by Gasteiger charge is -2.31. The zero-order valence-electron chi connectivity index (χ0n) is 15.9. The number of carbonyl (C=O) groups is 1. The van der Waals surface area contributed by atoms with Crippen molar-refractivity contribution in [2.45, 2.75) is 43.7 Å². The monoisotopic (exact) mass is 430 g/mol. The fourth-order valence-corrected chi connectivity index (χ4v) is 3.01. The standard InChI is InChI=1S/C19H27O9P/c1-19(23,12-11-16-9-7-10-18(22)27-16)17(28-29(24,25)26)14-15(21)8-5-3-2-4-6-13-20/h2-8,10-12,15-17,20-21,23H,9,13-14H2,1H3,(H2,24,25,26)/b3-2+,6-4+,8-5+,12-11+/t15-,16+,17+,19+/m0/s1. The highest BCUT2D eigenvalue weighted by Gasteiger charge is 2.37. The first-order valence-electron chi connectivity index (χ1n) is 8.85. The fraction of sp³-hybridized carbons (Fsp3) is 0.421. The minimum Gasteiger partial charge on any atom is -0.455 e. The van der Waals surface area contributed by atoms with Crippen LogP contribution in [-0.2, 0) is 18.6 Å². The summed E-state index contributed by atoms with van der Waals surface area (Å²) in [7, 11) is -4.96. The Morgan fingerprint density at radius 3 is 2.66 bits per heavy atom. The van der Waals surface area contributed by atoms with Crippen LogP contribution in [0.3, 0.4) is 0 Å². The van der Waals surface area contributed by atoms with Gasteiger partial charge in [0.1, 0.15) is 17.8 Å². The van der Waals surface area contributed by atoms with Gasteiger partial charge in [0.25, 0.3) is 0 Å².